The molecule has 7 heteroatoms. The van der Waals surface area contributed by atoms with Gasteiger partial charge in [-0.05, 0) is 42.8 Å². The maximum absolute atomic E-state index is 12.3. The van der Waals surface area contributed by atoms with Gasteiger partial charge in [0, 0.05) is 48.9 Å². The molecule has 0 saturated carbocycles. The third kappa shape index (κ3) is 6.11. The van der Waals surface area contributed by atoms with E-state index in [0.29, 0.717) is 22.1 Å². The third-order valence-electron chi connectivity index (χ3n) is 3.87. The van der Waals surface area contributed by atoms with E-state index >= 15 is 0 Å². The standard InChI is InChI=1S/C20H22ClN3O3/c1-13-7-8-16(21)11-19(13)24(15(3)26)10-9-20(27)23-18-6-4-5-17(12-18)22-14(2)25/h4-8,11-12H,9-10H2,1-3H3,(H,22,25)(H,23,27). The van der Waals surface area contributed by atoms with E-state index in [1.54, 1.807) is 36.4 Å². The molecule has 0 aliphatic heterocycles. The molecule has 2 aromatic rings. The second kappa shape index (κ2) is 9.19. The molecule has 0 aromatic heterocycles. The first-order chi connectivity index (χ1) is 12.8. The van der Waals surface area contributed by atoms with E-state index in [4.69, 9.17) is 11.6 Å². The zero-order valence-corrected chi connectivity index (χ0v) is 16.3. The summed E-state index contributed by atoms with van der Waals surface area (Å²) in [5, 5.41) is 5.96. The van der Waals surface area contributed by atoms with Crippen LogP contribution in [0.2, 0.25) is 5.02 Å². The Labute approximate surface area is 163 Å². The van der Waals surface area contributed by atoms with Gasteiger partial charge in [0.2, 0.25) is 17.7 Å². The molecule has 2 N–H and O–H groups in total. The third-order valence-corrected chi connectivity index (χ3v) is 4.11. The van der Waals surface area contributed by atoms with E-state index in [-0.39, 0.29) is 30.7 Å². The van der Waals surface area contributed by atoms with E-state index < -0.39 is 0 Å². The van der Waals surface area contributed by atoms with Gasteiger partial charge in [0.1, 0.15) is 0 Å². The molecule has 0 heterocycles. The van der Waals surface area contributed by atoms with Gasteiger partial charge in [-0.3, -0.25) is 14.4 Å². The molecule has 27 heavy (non-hydrogen) atoms. The first-order valence-corrected chi connectivity index (χ1v) is 8.86. The zero-order chi connectivity index (χ0) is 20.0. The molecular weight excluding hydrogens is 366 g/mol. The number of aryl methyl sites for hydroxylation is 1. The van der Waals surface area contributed by atoms with Crippen LogP contribution in [0, 0.1) is 6.92 Å². The lowest BCUT2D eigenvalue weighted by Crippen LogP contribution is -2.32. The van der Waals surface area contributed by atoms with Crippen molar-refractivity contribution in [2.24, 2.45) is 0 Å². The van der Waals surface area contributed by atoms with E-state index in [9.17, 15) is 14.4 Å². The van der Waals surface area contributed by atoms with Crippen LogP contribution in [0.25, 0.3) is 0 Å². The first kappa shape index (κ1) is 20.5. The number of hydrogen-bond acceptors (Lipinski definition) is 3. The molecule has 0 aliphatic rings. The molecular formula is C20H22ClN3O3. The highest BCUT2D eigenvalue weighted by Crippen LogP contribution is 2.25. The van der Waals surface area contributed by atoms with Crippen LogP contribution in [0.4, 0.5) is 17.1 Å². The minimum atomic E-state index is -0.235. The van der Waals surface area contributed by atoms with E-state index in [1.807, 2.05) is 13.0 Å². The van der Waals surface area contributed by atoms with E-state index in [1.165, 1.54) is 18.7 Å². The number of anilines is 3. The highest BCUT2D eigenvalue weighted by atomic mass is 35.5. The summed E-state index contributed by atoms with van der Waals surface area (Å²) in [5.74, 6) is -0.589. The van der Waals surface area contributed by atoms with Crippen LogP contribution in [-0.2, 0) is 14.4 Å². The molecule has 2 aromatic carbocycles. The number of hydrogen-bond donors (Lipinski definition) is 2. The van der Waals surface area contributed by atoms with Crippen LogP contribution in [0.3, 0.4) is 0 Å². The summed E-state index contributed by atoms with van der Waals surface area (Å²) in [7, 11) is 0. The Morgan fingerprint density at radius 1 is 1.00 bits per heavy atom. The fourth-order valence-electron chi connectivity index (χ4n) is 2.64. The highest BCUT2D eigenvalue weighted by Gasteiger charge is 2.16. The summed E-state index contributed by atoms with van der Waals surface area (Å²) in [6.07, 6.45) is 0.121. The Kier molecular flexibility index (Phi) is 6.96. The number of nitrogens with zero attached hydrogens (tertiary/aromatic N) is 1. The van der Waals surface area contributed by atoms with Crippen LogP contribution >= 0.6 is 11.6 Å². The lowest BCUT2D eigenvalue weighted by molar-refractivity contribution is -0.117. The second-order valence-corrected chi connectivity index (χ2v) is 6.60. The van der Waals surface area contributed by atoms with Crippen molar-refractivity contribution in [3.8, 4) is 0 Å². The number of carbonyl (C=O) groups excluding carboxylic acids is 3. The van der Waals surface area contributed by atoms with Crippen molar-refractivity contribution in [3.63, 3.8) is 0 Å². The predicted octanol–water partition coefficient (Wildman–Crippen LogP) is 3.99. The molecule has 142 valence electrons. The Balaban J connectivity index is 2.03. The summed E-state index contributed by atoms with van der Waals surface area (Å²) in [4.78, 5) is 37.0. The van der Waals surface area contributed by atoms with E-state index in [0.717, 1.165) is 5.56 Å². The zero-order valence-electron chi connectivity index (χ0n) is 15.5. The van der Waals surface area contributed by atoms with Crippen molar-refractivity contribution in [1.82, 2.24) is 0 Å². The Morgan fingerprint density at radius 2 is 1.67 bits per heavy atom. The molecule has 0 radical (unpaired) electrons. The molecule has 0 fully saturated rings. The Bertz CT molecular complexity index is 867. The largest absolute Gasteiger partial charge is 0.326 e. The van der Waals surface area contributed by atoms with Crippen molar-refractivity contribution in [2.45, 2.75) is 27.2 Å². The molecule has 0 aliphatic carbocycles. The van der Waals surface area contributed by atoms with Crippen molar-refractivity contribution in [1.29, 1.82) is 0 Å². The van der Waals surface area contributed by atoms with Crippen LogP contribution < -0.4 is 15.5 Å². The van der Waals surface area contributed by atoms with Crippen LogP contribution in [-0.4, -0.2) is 24.3 Å². The summed E-state index contributed by atoms with van der Waals surface area (Å²) in [6.45, 7) is 4.98. The van der Waals surface area contributed by atoms with Crippen molar-refractivity contribution >= 4 is 46.4 Å². The number of amides is 3. The van der Waals surface area contributed by atoms with Gasteiger partial charge in [-0.15, -0.1) is 0 Å². The molecule has 6 nitrogen and oxygen atoms in total. The quantitative estimate of drug-likeness (QED) is 0.786. The van der Waals surface area contributed by atoms with Crippen molar-refractivity contribution in [3.05, 3.63) is 53.1 Å². The lowest BCUT2D eigenvalue weighted by atomic mass is 10.1. The topological polar surface area (TPSA) is 78.5 Å². The summed E-state index contributed by atoms with van der Waals surface area (Å²) < 4.78 is 0. The van der Waals surface area contributed by atoms with Gasteiger partial charge in [0.15, 0.2) is 0 Å². The maximum atomic E-state index is 12.3. The normalized spacial score (nSPS) is 10.2. The molecule has 0 unspecified atom stereocenters. The van der Waals surface area contributed by atoms with Gasteiger partial charge < -0.3 is 15.5 Å². The van der Waals surface area contributed by atoms with Gasteiger partial charge >= 0.3 is 0 Å². The van der Waals surface area contributed by atoms with E-state index in [2.05, 4.69) is 10.6 Å². The van der Waals surface area contributed by atoms with Crippen molar-refractivity contribution < 1.29 is 14.4 Å². The average molecular weight is 388 g/mol. The van der Waals surface area contributed by atoms with Crippen LogP contribution in [0.5, 0.6) is 0 Å². The SMILES string of the molecule is CC(=O)Nc1cccc(NC(=O)CCN(C(C)=O)c2cc(Cl)ccc2C)c1. The average Bonchev–Trinajstić information content (AvgIpc) is 2.57. The molecule has 3 amide bonds. The first-order valence-electron chi connectivity index (χ1n) is 8.48. The number of nitrogens with one attached hydrogen (secondary N) is 2. The van der Waals surface area contributed by atoms with Crippen LogP contribution in [0.1, 0.15) is 25.8 Å². The van der Waals surface area contributed by atoms with Gasteiger partial charge in [0.05, 0.1) is 0 Å². The summed E-state index contributed by atoms with van der Waals surface area (Å²) >= 11 is 6.04. The van der Waals surface area contributed by atoms with Gasteiger partial charge in [-0.1, -0.05) is 23.7 Å². The Hall–Kier alpha value is -2.86. The smallest absolute Gasteiger partial charge is 0.226 e. The molecule has 0 atom stereocenters. The molecule has 2 rings (SSSR count). The number of halogens is 1. The summed E-state index contributed by atoms with van der Waals surface area (Å²) in [6, 6.07) is 12.2. The Morgan fingerprint density at radius 3 is 2.30 bits per heavy atom. The van der Waals surface area contributed by atoms with Crippen LogP contribution in [0.15, 0.2) is 42.5 Å². The van der Waals surface area contributed by atoms with Gasteiger partial charge in [-0.2, -0.15) is 0 Å². The second-order valence-electron chi connectivity index (χ2n) is 6.16. The predicted molar refractivity (Wildman–Crippen MR) is 108 cm³/mol. The fourth-order valence-corrected chi connectivity index (χ4v) is 2.80. The maximum Gasteiger partial charge on any atom is 0.226 e. The number of rotatable bonds is 6. The fraction of sp³-hybridized carbons (Fsp3) is 0.250. The number of carbonyl (C=O) groups is 3. The van der Waals surface area contributed by atoms with Gasteiger partial charge in [-0.25, -0.2) is 0 Å². The minimum Gasteiger partial charge on any atom is -0.326 e. The summed E-state index contributed by atoms with van der Waals surface area (Å²) in [5.41, 5.74) is 2.76. The number of benzene rings is 2. The molecule has 0 saturated heterocycles. The highest BCUT2D eigenvalue weighted by molar-refractivity contribution is 6.31. The van der Waals surface area contributed by atoms with Gasteiger partial charge in [0.25, 0.3) is 0 Å². The molecule has 0 spiro atoms. The molecule has 0 bridgehead atoms. The van der Waals surface area contributed by atoms with Crippen molar-refractivity contribution in [2.75, 3.05) is 22.1 Å². The minimum absolute atomic E-state index is 0.121. The lowest BCUT2D eigenvalue weighted by Gasteiger charge is -2.23. The monoisotopic (exact) mass is 387 g/mol.